The Morgan fingerprint density at radius 3 is 2.09 bits per heavy atom. The number of hydrogen-bond donors (Lipinski definition) is 0. The largest absolute Gasteiger partial charge is 0.495 e. The number of methoxy groups -OCH3 is 2. The van der Waals surface area contributed by atoms with Gasteiger partial charge in [-0.3, -0.25) is 4.79 Å². The molecule has 0 aliphatic rings. The van der Waals surface area contributed by atoms with Crippen molar-refractivity contribution < 1.29 is 14.3 Å². The highest BCUT2D eigenvalue weighted by molar-refractivity contribution is 8.03. The zero-order valence-corrected chi connectivity index (χ0v) is 14.6. The van der Waals surface area contributed by atoms with Gasteiger partial charge in [-0.2, -0.15) is 0 Å². The molecular weight excluding hydrogens is 316 g/mol. The number of carbonyl (C=O) groups excluding carboxylic acids is 1. The fraction of sp³-hybridized carbons (Fsp3) is 0.235. The number of hydrogen-bond acceptors (Lipinski definition) is 5. The van der Waals surface area contributed by atoms with Gasteiger partial charge in [-0.25, -0.2) is 0 Å². The van der Waals surface area contributed by atoms with Crippen LogP contribution in [-0.4, -0.2) is 33.0 Å². The number of ether oxygens (including phenoxy) is 2. The van der Waals surface area contributed by atoms with Crippen molar-refractivity contribution in [1.82, 2.24) is 0 Å². The fourth-order valence-electron chi connectivity index (χ4n) is 2.41. The van der Waals surface area contributed by atoms with E-state index in [2.05, 4.69) is 0 Å². The van der Waals surface area contributed by atoms with Crippen LogP contribution in [0.1, 0.15) is 5.56 Å². The predicted octanol–water partition coefficient (Wildman–Crippen LogP) is 4.48. The Morgan fingerprint density at radius 1 is 1.05 bits per heavy atom. The Labute approximate surface area is 139 Å². The molecular formula is C17H18O3S2. The van der Waals surface area contributed by atoms with Crippen molar-refractivity contribution in [1.29, 1.82) is 0 Å². The Balaban J connectivity index is 2.94. The van der Waals surface area contributed by atoms with Crippen molar-refractivity contribution in [2.75, 3.05) is 26.7 Å². The van der Waals surface area contributed by atoms with E-state index in [-0.39, 0.29) is 0 Å². The van der Waals surface area contributed by atoms with Crippen molar-refractivity contribution >= 4 is 46.7 Å². The molecule has 0 radical (unpaired) electrons. The first-order chi connectivity index (χ1) is 10.7. The highest BCUT2D eigenvalue weighted by atomic mass is 32.2. The number of rotatable bonds is 6. The number of fused-ring (bicyclic) bond motifs is 1. The number of carbonyl (C=O) groups is 1. The second-order valence-corrected chi connectivity index (χ2v) is 6.12. The van der Waals surface area contributed by atoms with Gasteiger partial charge in [0.1, 0.15) is 11.5 Å². The molecule has 5 heteroatoms. The third-order valence-corrected chi connectivity index (χ3v) is 4.86. The first-order valence-corrected chi connectivity index (χ1v) is 9.08. The molecule has 2 aromatic rings. The molecule has 116 valence electrons. The van der Waals surface area contributed by atoms with Gasteiger partial charge in [0.15, 0.2) is 6.29 Å². The molecule has 0 N–H and O–H groups in total. The summed E-state index contributed by atoms with van der Waals surface area (Å²) in [6.45, 7) is 0. The third kappa shape index (κ3) is 2.96. The van der Waals surface area contributed by atoms with E-state index in [9.17, 15) is 4.79 Å². The summed E-state index contributed by atoms with van der Waals surface area (Å²) in [5.41, 5.74) is 0.877. The summed E-state index contributed by atoms with van der Waals surface area (Å²) >= 11 is 2.99. The minimum Gasteiger partial charge on any atom is -0.495 e. The standard InChI is InChI=1S/C17H18O3S2/c1-19-15-12-7-5-6-8-13(12)16(20-2)17(22-4)14(15)9-11(10-18)21-3/h5-10H,1-4H3/b11-9-. The lowest BCUT2D eigenvalue weighted by Gasteiger charge is -2.18. The Bertz CT molecular complexity index is 723. The van der Waals surface area contributed by atoms with Gasteiger partial charge in [0.05, 0.1) is 19.1 Å². The summed E-state index contributed by atoms with van der Waals surface area (Å²) in [7, 11) is 3.31. The van der Waals surface area contributed by atoms with Crippen molar-refractivity contribution in [3.8, 4) is 11.5 Å². The third-order valence-electron chi connectivity index (χ3n) is 3.36. The Hall–Kier alpha value is -1.59. The molecule has 2 aromatic carbocycles. The van der Waals surface area contributed by atoms with Crippen LogP contribution in [0.3, 0.4) is 0 Å². The second kappa shape index (κ2) is 7.61. The van der Waals surface area contributed by atoms with Crippen molar-refractivity contribution in [2.45, 2.75) is 4.90 Å². The molecule has 0 spiro atoms. The van der Waals surface area contributed by atoms with Crippen LogP contribution in [-0.2, 0) is 4.79 Å². The molecule has 0 amide bonds. The van der Waals surface area contributed by atoms with E-state index in [1.54, 1.807) is 26.0 Å². The molecule has 0 saturated carbocycles. The minimum atomic E-state index is 0.644. The van der Waals surface area contributed by atoms with Crippen LogP contribution in [0.25, 0.3) is 16.8 Å². The summed E-state index contributed by atoms with van der Waals surface area (Å²) in [5, 5.41) is 1.97. The Morgan fingerprint density at radius 2 is 1.64 bits per heavy atom. The normalized spacial score (nSPS) is 11.5. The first-order valence-electron chi connectivity index (χ1n) is 6.63. The van der Waals surface area contributed by atoms with E-state index in [4.69, 9.17) is 9.47 Å². The van der Waals surface area contributed by atoms with Crippen molar-refractivity contribution in [3.05, 3.63) is 34.7 Å². The van der Waals surface area contributed by atoms with Crippen LogP contribution in [0.15, 0.2) is 34.1 Å². The number of aldehydes is 1. The van der Waals surface area contributed by atoms with E-state index in [0.29, 0.717) is 4.91 Å². The maximum absolute atomic E-state index is 11.2. The summed E-state index contributed by atoms with van der Waals surface area (Å²) in [4.78, 5) is 12.8. The van der Waals surface area contributed by atoms with Crippen LogP contribution in [0, 0.1) is 0 Å². The van der Waals surface area contributed by atoms with E-state index >= 15 is 0 Å². The van der Waals surface area contributed by atoms with Gasteiger partial charge in [-0.05, 0) is 18.6 Å². The molecule has 0 heterocycles. The fourth-order valence-corrected chi connectivity index (χ4v) is 3.49. The maximum Gasteiger partial charge on any atom is 0.156 e. The lowest BCUT2D eigenvalue weighted by molar-refractivity contribution is -0.104. The van der Waals surface area contributed by atoms with Gasteiger partial charge in [-0.1, -0.05) is 24.3 Å². The molecule has 0 bridgehead atoms. The van der Waals surface area contributed by atoms with Crippen LogP contribution in [0.5, 0.6) is 11.5 Å². The Kier molecular flexibility index (Phi) is 5.80. The van der Waals surface area contributed by atoms with Gasteiger partial charge < -0.3 is 9.47 Å². The molecule has 0 aromatic heterocycles. The smallest absolute Gasteiger partial charge is 0.156 e. The quantitative estimate of drug-likeness (QED) is 0.442. The first kappa shape index (κ1) is 16.8. The van der Waals surface area contributed by atoms with E-state index in [1.165, 1.54) is 11.8 Å². The molecule has 22 heavy (non-hydrogen) atoms. The van der Waals surface area contributed by atoms with Gasteiger partial charge in [0, 0.05) is 21.2 Å². The van der Waals surface area contributed by atoms with Crippen LogP contribution >= 0.6 is 23.5 Å². The molecule has 0 aliphatic carbocycles. The van der Waals surface area contributed by atoms with Crippen LogP contribution < -0.4 is 9.47 Å². The lowest BCUT2D eigenvalue weighted by Crippen LogP contribution is -1.97. The topological polar surface area (TPSA) is 35.5 Å². The van der Waals surface area contributed by atoms with Gasteiger partial charge in [0.25, 0.3) is 0 Å². The molecule has 0 aliphatic heterocycles. The number of benzene rings is 2. The molecule has 0 atom stereocenters. The number of allylic oxidation sites excluding steroid dienone is 1. The molecule has 3 nitrogen and oxygen atoms in total. The SMILES string of the molecule is COc1c(/C=C(/C=O)SC)c(SC)c(OC)c2ccccc12. The molecule has 0 fully saturated rings. The van der Waals surface area contributed by atoms with Crippen LogP contribution in [0.2, 0.25) is 0 Å². The summed E-state index contributed by atoms with van der Waals surface area (Å²) in [5.74, 6) is 1.57. The van der Waals surface area contributed by atoms with Gasteiger partial charge in [-0.15, -0.1) is 23.5 Å². The zero-order chi connectivity index (χ0) is 16.1. The van der Waals surface area contributed by atoms with E-state index in [0.717, 1.165) is 39.0 Å². The van der Waals surface area contributed by atoms with E-state index < -0.39 is 0 Å². The average Bonchev–Trinajstić information content (AvgIpc) is 2.57. The van der Waals surface area contributed by atoms with Gasteiger partial charge in [0.2, 0.25) is 0 Å². The second-order valence-electron chi connectivity index (χ2n) is 4.43. The summed E-state index contributed by atoms with van der Waals surface area (Å²) in [6.07, 6.45) is 6.58. The lowest BCUT2D eigenvalue weighted by atomic mass is 10.0. The monoisotopic (exact) mass is 334 g/mol. The van der Waals surface area contributed by atoms with Crippen molar-refractivity contribution in [2.24, 2.45) is 0 Å². The minimum absolute atomic E-state index is 0.644. The zero-order valence-electron chi connectivity index (χ0n) is 13.0. The summed E-state index contributed by atoms with van der Waals surface area (Å²) in [6, 6.07) is 7.95. The number of thioether (sulfide) groups is 2. The molecule has 0 unspecified atom stereocenters. The average molecular weight is 334 g/mol. The van der Waals surface area contributed by atoms with Crippen LogP contribution in [0.4, 0.5) is 0 Å². The molecule has 2 rings (SSSR count). The predicted molar refractivity (Wildman–Crippen MR) is 96.4 cm³/mol. The van der Waals surface area contributed by atoms with E-state index in [1.807, 2.05) is 42.9 Å². The highest BCUT2D eigenvalue weighted by Crippen LogP contribution is 2.46. The summed E-state index contributed by atoms with van der Waals surface area (Å²) < 4.78 is 11.3. The maximum atomic E-state index is 11.2. The van der Waals surface area contributed by atoms with Crippen molar-refractivity contribution in [3.63, 3.8) is 0 Å². The van der Waals surface area contributed by atoms with Gasteiger partial charge >= 0.3 is 0 Å². The highest BCUT2D eigenvalue weighted by Gasteiger charge is 2.19. The molecule has 0 saturated heterocycles.